The van der Waals surface area contributed by atoms with Crippen molar-refractivity contribution in [2.45, 2.75) is 99.3 Å². The van der Waals surface area contributed by atoms with Crippen LogP contribution in [0, 0.1) is 23.7 Å². The van der Waals surface area contributed by atoms with Crippen LogP contribution in [0.3, 0.4) is 0 Å². The van der Waals surface area contributed by atoms with Crippen molar-refractivity contribution in [2.24, 2.45) is 23.7 Å². The van der Waals surface area contributed by atoms with E-state index in [4.69, 9.17) is 4.74 Å². The van der Waals surface area contributed by atoms with Gasteiger partial charge in [-0.15, -0.1) is 0 Å². The van der Waals surface area contributed by atoms with Gasteiger partial charge in [0, 0.05) is 5.57 Å². The molecule has 0 aliphatic rings. The van der Waals surface area contributed by atoms with Crippen molar-refractivity contribution in [1.82, 2.24) is 0 Å². The standard InChI is InChI=1S/C23H44O2/c1-8-25-23(24)22(7)21(6)17-11-16-20(5)15-10-14-19(4)13-9-12-18(2)3/h18-21H,7-17H2,1-6H3. The molecule has 2 nitrogen and oxygen atoms in total. The predicted octanol–water partition coefficient (Wildman–Crippen LogP) is 7.18. The van der Waals surface area contributed by atoms with Gasteiger partial charge in [0.15, 0.2) is 0 Å². The van der Waals surface area contributed by atoms with Gasteiger partial charge in [0.25, 0.3) is 0 Å². The van der Waals surface area contributed by atoms with Gasteiger partial charge in [-0.25, -0.2) is 4.79 Å². The van der Waals surface area contributed by atoms with Gasteiger partial charge in [0.1, 0.15) is 0 Å². The van der Waals surface area contributed by atoms with Crippen LogP contribution in [0.25, 0.3) is 0 Å². The Morgan fingerprint density at radius 2 is 1.24 bits per heavy atom. The zero-order valence-corrected chi connectivity index (χ0v) is 17.9. The second-order valence-electron chi connectivity index (χ2n) is 8.54. The molecule has 0 N–H and O–H groups in total. The summed E-state index contributed by atoms with van der Waals surface area (Å²) >= 11 is 0. The van der Waals surface area contributed by atoms with Crippen molar-refractivity contribution < 1.29 is 9.53 Å². The summed E-state index contributed by atoms with van der Waals surface area (Å²) in [4.78, 5) is 11.7. The van der Waals surface area contributed by atoms with Crippen LogP contribution in [0.1, 0.15) is 99.3 Å². The van der Waals surface area contributed by atoms with Gasteiger partial charge in [-0.05, 0) is 37.0 Å². The summed E-state index contributed by atoms with van der Waals surface area (Å²) in [6.07, 6.45) is 11.7. The number of hydrogen-bond acceptors (Lipinski definition) is 2. The third kappa shape index (κ3) is 13.1. The van der Waals surface area contributed by atoms with Crippen molar-refractivity contribution in [3.05, 3.63) is 12.2 Å². The highest BCUT2D eigenvalue weighted by Gasteiger charge is 2.16. The highest BCUT2D eigenvalue weighted by atomic mass is 16.5. The smallest absolute Gasteiger partial charge is 0.333 e. The predicted molar refractivity (Wildman–Crippen MR) is 110 cm³/mol. The van der Waals surface area contributed by atoms with Crippen LogP contribution in [0.4, 0.5) is 0 Å². The van der Waals surface area contributed by atoms with Crippen LogP contribution in [-0.2, 0) is 9.53 Å². The highest BCUT2D eigenvalue weighted by molar-refractivity contribution is 5.88. The van der Waals surface area contributed by atoms with Crippen LogP contribution >= 0.6 is 0 Å². The third-order valence-electron chi connectivity index (χ3n) is 5.34. The molecule has 148 valence electrons. The maximum absolute atomic E-state index is 11.7. The van der Waals surface area contributed by atoms with Crippen molar-refractivity contribution in [1.29, 1.82) is 0 Å². The summed E-state index contributed by atoms with van der Waals surface area (Å²) in [6.45, 7) is 17.7. The molecule has 0 aromatic rings. The molecule has 25 heavy (non-hydrogen) atoms. The maximum atomic E-state index is 11.7. The van der Waals surface area contributed by atoms with Gasteiger partial charge in [-0.2, -0.15) is 0 Å². The van der Waals surface area contributed by atoms with E-state index in [2.05, 4.69) is 41.2 Å². The van der Waals surface area contributed by atoms with Gasteiger partial charge >= 0.3 is 5.97 Å². The van der Waals surface area contributed by atoms with E-state index in [0.717, 1.165) is 24.2 Å². The molecule has 0 fully saturated rings. The second-order valence-corrected chi connectivity index (χ2v) is 8.54. The van der Waals surface area contributed by atoms with E-state index in [9.17, 15) is 4.79 Å². The van der Waals surface area contributed by atoms with Crippen molar-refractivity contribution in [3.8, 4) is 0 Å². The Kier molecular flexibility index (Phi) is 13.9. The molecule has 0 aromatic heterocycles. The first-order chi connectivity index (χ1) is 11.8. The summed E-state index contributed by atoms with van der Waals surface area (Å²) < 4.78 is 5.03. The summed E-state index contributed by atoms with van der Waals surface area (Å²) in [7, 11) is 0. The van der Waals surface area contributed by atoms with E-state index < -0.39 is 0 Å². The molecule has 3 atom stereocenters. The Hall–Kier alpha value is -0.790. The number of ether oxygens (including phenoxy) is 1. The Balaban J connectivity index is 3.74. The van der Waals surface area contributed by atoms with E-state index in [1.165, 1.54) is 51.4 Å². The van der Waals surface area contributed by atoms with Crippen LogP contribution < -0.4 is 0 Å². The molecule has 0 bridgehead atoms. The van der Waals surface area contributed by atoms with E-state index in [-0.39, 0.29) is 11.9 Å². The lowest BCUT2D eigenvalue weighted by atomic mass is 9.90. The van der Waals surface area contributed by atoms with Gasteiger partial charge in [0.05, 0.1) is 6.61 Å². The fraction of sp³-hybridized carbons (Fsp3) is 0.870. The van der Waals surface area contributed by atoms with Crippen molar-refractivity contribution in [3.63, 3.8) is 0 Å². The number of rotatable bonds is 15. The molecule has 0 heterocycles. The van der Waals surface area contributed by atoms with E-state index in [0.29, 0.717) is 12.2 Å². The lowest BCUT2D eigenvalue weighted by Crippen LogP contribution is -2.13. The average Bonchev–Trinajstić information content (AvgIpc) is 2.53. The quantitative estimate of drug-likeness (QED) is 0.230. The average molecular weight is 353 g/mol. The van der Waals surface area contributed by atoms with E-state index >= 15 is 0 Å². The van der Waals surface area contributed by atoms with Gasteiger partial charge < -0.3 is 4.74 Å². The van der Waals surface area contributed by atoms with Gasteiger partial charge in [-0.1, -0.05) is 92.6 Å². The second kappa shape index (κ2) is 14.4. The first-order valence-corrected chi connectivity index (χ1v) is 10.6. The summed E-state index contributed by atoms with van der Waals surface area (Å²) in [5.41, 5.74) is 0.629. The number of hydrogen-bond donors (Lipinski definition) is 0. The molecule has 3 unspecified atom stereocenters. The SMILES string of the molecule is C=C(C(=O)OCC)C(C)CCCC(C)CCCC(C)CCCC(C)C. The van der Waals surface area contributed by atoms with E-state index in [1.807, 2.05) is 6.92 Å². The van der Waals surface area contributed by atoms with E-state index in [1.54, 1.807) is 0 Å². The molecule has 0 aromatic carbocycles. The molecule has 2 heteroatoms. The van der Waals surface area contributed by atoms with Gasteiger partial charge in [0.2, 0.25) is 0 Å². The molecule has 0 aliphatic carbocycles. The van der Waals surface area contributed by atoms with Gasteiger partial charge in [-0.3, -0.25) is 0 Å². The monoisotopic (exact) mass is 352 g/mol. The minimum Gasteiger partial charge on any atom is -0.463 e. The topological polar surface area (TPSA) is 26.3 Å². The lowest BCUT2D eigenvalue weighted by molar-refractivity contribution is -0.139. The normalized spacial score (nSPS) is 15.0. The molecule has 0 spiro atoms. The Morgan fingerprint density at radius 3 is 1.68 bits per heavy atom. The maximum Gasteiger partial charge on any atom is 0.333 e. The van der Waals surface area contributed by atoms with Crippen LogP contribution in [0.2, 0.25) is 0 Å². The molecule has 0 amide bonds. The zero-order chi connectivity index (χ0) is 19.2. The Morgan fingerprint density at radius 1 is 0.800 bits per heavy atom. The third-order valence-corrected chi connectivity index (χ3v) is 5.34. The summed E-state index contributed by atoms with van der Waals surface area (Å²) in [5.74, 6) is 2.50. The Bertz CT molecular complexity index is 359. The largest absolute Gasteiger partial charge is 0.463 e. The first kappa shape index (κ1) is 24.2. The van der Waals surface area contributed by atoms with Crippen molar-refractivity contribution in [2.75, 3.05) is 6.61 Å². The Labute approximate surface area is 157 Å². The summed E-state index contributed by atoms with van der Waals surface area (Å²) in [6, 6.07) is 0. The van der Waals surface area contributed by atoms with Crippen LogP contribution in [-0.4, -0.2) is 12.6 Å². The zero-order valence-electron chi connectivity index (χ0n) is 17.9. The first-order valence-electron chi connectivity index (χ1n) is 10.6. The lowest BCUT2D eigenvalue weighted by Gasteiger charge is -2.17. The number of esters is 1. The molecular weight excluding hydrogens is 308 g/mol. The highest BCUT2D eigenvalue weighted by Crippen LogP contribution is 2.23. The number of carbonyl (C=O) groups is 1. The molecule has 0 saturated carbocycles. The molecule has 0 radical (unpaired) electrons. The van der Waals surface area contributed by atoms with Crippen LogP contribution in [0.15, 0.2) is 12.2 Å². The molecular formula is C23H44O2. The van der Waals surface area contributed by atoms with Crippen molar-refractivity contribution >= 4 is 5.97 Å². The molecule has 0 rings (SSSR count). The molecule has 0 saturated heterocycles. The summed E-state index contributed by atoms with van der Waals surface area (Å²) in [5, 5.41) is 0. The minimum atomic E-state index is -0.227. The fourth-order valence-electron chi connectivity index (χ4n) is 3.35. The molecule has 0 aliphatic heterocycles. The van der Waals surface area contributed by atoms with Crippen LogP contribution in [0.5, 0.6) is 0 Å². The number of carbonyl (C=O) groups excluding carboxylic acids is 1. The fourth-order valence-corrected chi connectivity index (χ4v) is 3.35. The minimum absolute atomic E-state index is 0.227.